The molecule has 104 valence electrons. The third-order valence-electron chi connectivity index (χ3n) is 2.41. The van der Waals surface area contributed by atoms with Gasteiger partial charge in [0.25, 0.3) is 0 Å². The molecule has 0 radical (unpaired) electrons. The maximum Gasteiger partial charge on any atom is 0.325 e. The Kier molecular flexibility index (Phi) is 5.66. The minimum Gasteiger partial charge on any atom is -0.493 e. The monoisotopic (exact) mass is 267 g/mol. The van der Waals surface area contributed by atoms with Crippen LogP contribution in [0.15, 0.2) is 17.1 Å². The Bertz CT molecular complexity index is 445. The quantitative estimate of drug-likeness (QED) is 0.756. The summed E-state index contributed by atoms with van der Waals surface area (Å²) in [7, 11) is 4.62. The molecule has 0 aromatic heterocycles. The molecular weight excluding hydrogens is 250 g/mol. The van der Waals surface area contributed by atoms with E-state index >= 15 is 0 Å². The fourth-order valence-corrected chi connectivity index (χ4v) is 1.57. The van der Waals surface area contributed by atoms with Gasteiger partial charge in [-0.1, -0.05) is 0 Å². The van der Waals surface area contributed by atoms with Crippen LogP contribution in [0.5, 0.6) is 17.2 Å². The van der Waals surface area contributed by atoms with E-state index in [1.54, 1.807) is 32.6 Å². The third-order valence-corrected chi connectivity index (χ3v) is 2.41. The van der Waals surface area contributed by atoms with E-state index in [0.29, 0.717) is 23.7 Å². The summed E-state index contributed by atoms with van der Waals surface area (Å²) in [5, 5.41) is 8.47. The molecule has 1 N–H and O–H groups in total. The van der Waals surface area contributed by atoms with Crippen LogP contribution in [0.1, 0.15) is 5.56 Å². The van der Waals surface area contributed by atoms with E-state index in [0.717, 1.165) is 5.56 Å². The predicted octanol–water partition coefficient (Wildman–Crippen LogP) is 1.41. The molecule has 0 atom stereocenters. The van der Waals surface area contributed by atoms with Gasteiger partial charge < -0.3 is 19.3 Å². The Morgan fingerprint density at radius 3 is 2.21 bits per heavy atom. The van der Waals surface area contributed by atoms with Crippen LogP contribution in [0.25, 0.3) is 0 Å². The first-order chi connectivity index (χ1) is 9.12. The van der Waals surface area contributed by atoms with Crippen molar-refractivity contribution >= 4 is 12.2 Å². The highest BCUT2D eigenvalue weighted by Gasteiger charge is 2.12. The first-order valence-corrected chi connectivity index (χ1v) is 5.61. The first-order valence-electron chi connectivity index (χ1n) is 5.61. The summed E-state index contributed by atoms with van der Waals surface area (Å²) >= 11 is 0. The van der Waals surface area contributed by atoms with Gasteiger partial charge in [-0.05, 0) is 17.7 Å². The smallest absolute Gasteiger partial charge is 0.325 e. The van der Waals surface area contributed by atoms with Crippen molar-refractivity contribution in [1.82, 2.24) is 0 Å². The first kappa shape index (κ1) is 14.8. The molecule has 0 aliphatic carbocycles. The lowest BCUT2D eigenvalue weighted by Crippen LogP contribution is -2.00. The average Bonchev–Trinajstić information content (AvgIpc) is 2.42. The summed E-state index contributed by atoms with van der Waals surface area (Å²) in [5.41, 5.74) is 0.892. The van der Waals surface area contributed by atoms with Gasteiger partial charge in [0, 0.05) is 12.6 Å². The van der Waals surface area contributed by atoms with Gasteiger partial charge in [-0.3, -0.25) is 9.79 Å². The van der Waals surface area contributed by atoms with Crippen LogP contribution in [0.2, 0.25) is 0 Å². The van der Waals surface area contributed by atoms with E-state index in [1.807, 2.05) is 0 Å². The molecular formula is C13H17NO5. The van der Waals surface area contributed by atoms with Crippen LogP contribution in [0.3, 0.4) is 0 Å². The molecule has 0 aliphatic rings. The molecule has 0 unspecified atom stereocenters. The van der Waals surface area contributed by atoms with Crippen LogP contribution >= 0.6 is 0 Å². The molecule has 0 fully saturated rings. The molecule has 0 spiro atoms. The molecule has 0 heterocycles. The molecule has 6 heteroatoms. The van der Waals surface area contributed by atoms with Gasteiger partial charge in [-0.25, -0.2) is 0 Å². The highest BCUT2D eigenvalue weighted by molar-refractivity contribution is 5.72. The third kappa shape index (κ3) is 4.17. The number of aliphatic imine (C=N–C) groups is 1. The Morgan fingerprint density at radius 2 is 1.79 bits per heavy atom. The molecule has 1 aromatic carbocycles. The highest BCUT2D eigenvalue weighted by atomic mass is 16.5. The minimum absolute atomic E-state index is 0.232. The number of carboxylic acids is 1. The molecule has 0 bridgehead atoms. The van der Waals surface area contributed by atoms with Gasteiger partial charge in [0.1, 0.15) is 6.54 Å². The number of carboxylic acid groups (broad SMARTS) is 1. The molecule has 1 rings (SSSR count). The Morgan fingerprint density at radius 1 is 1.21 bits per heavy atom. The average molecular weight is 267 g/mol. The number of benzene rings is 1. The van der Waals surface area contributed by atoms with E-state index in [1.165, 1.54) is 7.11 Å². The van der Waals surface area contributed by atoms with Crippen molar-refractivity contribution in [3.8, 4) is 17.2 Å². The summed E-state index contributed by atoms with van der Waals surface area (Å²) in [5.74, 6) is 0.685. The molecule has 1 aromatic rings. The fraction of sp³-hybridized carbons (Fsp3) is 0.385. The maximum absolute atomic E-state index is 10.3. The zero-order valence-corrected chi connectivity index (χ0v) is 11.2. The summed E-state index contributed by atoms with van der Waals surface area (Å²) < 4.78 is 15.6. The molecule has 0 saturated heterocycles. The lowest BCUT2D eigenvalue weighted by molar-refractivity contribution is -0.135. The largest absolute Gasteiger partial charge is 0.493 e. The number of hydrogen-bond donors (Lipinski definition) is 1. The number of aliphatic carboxylic acids is 1. The number of hydrogen-bond acceptors (Lipinski definition) is 5. The number of carbonyl (C=O) groups is 1. The van der Waals surface area contributed by atoms with Gasteiger partial charge in [0.2, 0.25) is 5.75 Å². The second kappa shape index (κ2) is 7.25. The Balaban J connectivity index is 2.90. The molecule has 0 amide bonds. The standard InChI is InChI=1S/C13H17NO5/c1-17-10-6-9(4-5-14-8-12(15)16)7-11(18-2)13(10)19-3/h5-7H,4,8H2,1-3H3,(H,15,16). The van der Waals surface area contributed by atoms with E-state index in [-0.39, 0.29) is 6.54 Å². The van der Waals surface area contributed by atoms with Crippen molar-refractivity contribution in [2.45, 2.75) is 6.42 Å². The molecule has 0 aliphatic heterocycles. The molecule has 0 saturated carbocycles. The maximum atomic E-state index is 10.3. The summed E-state index contributed by atoms with van der Waals surface area (Å²) in [6.07, 6.45) is 2.04. The lowest BCUT2D eigenvalue weighted by Gasteiger charge is -2.13. The van der Waals surface area contributed by atoms with Gasteiger partial charge >= 0.3 is 5.97 Å². The van der Waals surface area contributed by atoms with Crippen molar-refractivity contribution in [3.63, 3.8) is 0 Å². The minimum atomic E-state index is -0.957. The van der Waals surface area contributed by atoms with Crippen LogP contribution in [-0.4, -0.2) is 45.2 Å². The molecule has 19 heavy (non-hydrogen) atoms. The van der Waals surface area contributed by atoms with Crippen molar-refractivity contribution < 1.29 is 24.1 Å². The van der Waals surface area contributed by atoms with Crippen LogP contribution < -0.4 is 14.2 Å². The summed E-state index contributed by atoms with van der Waals surface area (Å²) in [4.78, 5) is 14.1. The number of methoxy groups -OCH3 is 3. The SMILES string of the molecule is COc1cc(CC=NCC(=O)O)cc(OC)c1OC. The summed E-state index contributed by atoms with van der Waals surface area (Å²) in [6, 6.07) is 3.60. The second-order valence-electron chi connectivity index (χ2n) is 3.65. The van der Waals surface area contributed by atoms with Gasteiger partial charge in [-0.15, -0.1) is 0 Å². The van der Waals surface area contributed by atoms with Gasteiger partial charge in [0.05, 0.1) is 21.3 Å². The number of rotatable bonds is 7. The van der Waals surface area contributed by atoms with E-state index < -0.39 is 5.97 Å². The van der Waals surface area contributed by atoms with Crippen molar-refractivity contribution in [3.05, 3.63) is 17.7 Å². The predicted molar refractivity (Wildman–Crippen MR) is 70.8 cm³/mol. The fourth-order valence-electron chi connectivity index (χ4n) is 1.57. The van der Waals surface area contributed by atoms with Crippen LogP contribution in [0.4, 0.5) is 0 Å². The highest BCUT2D eigenvalue weighted by Crippen LogP contribution is 2.38. The van der Waals surface area contributed by atoms with Crippen molar-refractivity contribution in [2.24, 2.45) is 4.99 Å². The number of ether oxygens (including phenoxy) is 3. The second-order valence-corrected chi connectivity index (χ2v) is 3.65. The summed E-state index contributed by atoms with van der Waals surface area (Å²) in [6.45, 7) is -0.232. The van der Waals surface area contributed by atoms with E-state index in [9.17, 15) is 4.79 Å². The zero-order valence-electron chi connectivity index (χ0n) is 11.2. The van der Waals surface area contributed by atoms with E-state index in [4.69, 9.17) is 19.3 Å². The lowest BCUT2D eigenvalue weighted by atomic mass is 10.1. The van der Waals surface area contributed by atoms with Crippen molar-refractivity contribution in [2.75, 3.05) is 27.9 Å². The topological polar surface area (TPSA) is 77.4 Å². The van der Waals surface area contributed by atoms with Gasteiger partial charge in [-0.2, -0.15) is 0 Å². The van der Waals surface area contributed by atoms with Gasteiger partial charge in [0.15, 0.2) is 11.5 Å². The Labute approximate surface area is 111 Å². The zero-order chi connectivity index (χ0) is 14.3. The van der Waals surface area contributed by atoms with E-state index in [2.05, 4.69) is 4.99 Å². The van der Waals surface area contributed by atoms with Crippen LogP contribution in [0, 0.1) is 0 Å². The normalized spacial score (nSPS) is 10.5. The van der Waals surface area contributed by atoms with Crippen molar-refractivity contribution in [1.29, 1.82) is 0 Å². The number of nitrogens with zero attached hydrogens (tertiary/aromatic N) is 1. The molecule has 6 nitrogen and oxygen atoms in total. The Hall–Kier alpha value is -2.24. The van der Waals surface area contributed by atoms with Crippen LogP contribution in [-0.2, 0) is 11.2 Å².